The van der Waals surface area contributed by atoms with Crippen LogP contribution >= 0.6 is 0 Å². The molecule has 25 heavy (non-hydrogen) atoms. The third-order valence-electron chi connectivity index (χ3n) is 3.54. The average Bonchev–Trinajstić information content (AvgIpc) is 3.06. The van der Waals surface area contributed by atoms with Gasteiger partial charge in [0.25, 0.3) is 0 Å². The van der Waals surface area contributed by atoms with Crippen molar-refractivity contribution in [3.63, 3.8) is 0 Å². The SMILES string of the molecule is CS(=O)(=O)c1ccccc1C(=O)OCC(=O)c1ccc2c(c1)OCO2. The molecule has 0 atom stereocenters. The highest BCUT2D eigenvalue weighted by Crippen LogP contribution is 2.32. The van der Waals surface area contributed by atoms with Crippen molar-refractivity contribution in [3.05, 3.63) is 53.6 Å². The van der Waals surface area contributed by atoms with Crippen molar-refractivity contribution in [2.45, 2.75) is 4.90 Å². The lowest BCUT2D eigenvalue weighted by atomic mass is 10.1. The highest BCUT2D eigenvalue weighted by Gasteiger charge is 2.21. The molecule has 130 valence electrons. The van der Waals surface area contributed by atoms with Gasteiger partial charge in [0.1, 0.15) is 0 Å². The van der Waals surface area contributed by atoms with Gasteiger partial charge in [0.15, 0.2) is 33.7 Å². The van der Waals surface area contributed by atoms with E-state index in [0.717, 1.165) is 6.26 Å². The van der Waals surface area contributed by atoms with Gasteiger partial charge in [-0.2, -0.15) is 0 Å². The van der Waals surface area contributed by atoms with Crippen molar-refractivity contribution < 1.29 is 32.2 Å². The van der Waals surface area contributed by atoms with Crippen LogP contribution in [0.1, 0.15) is 20.7 Å². The number of fused-ring (bicyclic) bond motifs is 1. The number of hydrogen-bond acceptors (Lipinski definition) is 7. The summed E-state index contributed by atoms with van der Waals surface area (Å²) in [5.41, 5.74) is 0.192. The smallest absolute Gasteiger partial charge is 0.339 e. The van der Waals surface area contributed by atoms with E-state index in [1.807, 2.05) is 0 Å². The molecule has 2 aromatic carbocycles. The molecule has 0 amide bonds. The van der Waals surface area contributed by atoms with E-state index in [0.29, 0.717) is 17.1 Å². The minimum absolute atomic E-state index is 0.0875. The third kappa shape index (κ3) is 3.63. The van der Waals surface area contributed by atoms with Crippen LogP contribution in [0.4, 0.5) is 0 Å². The number of Topliss-reactive ketones (excluding diaryl/α,β-unsaturated/α-hetero) is 1. The van der Waals surface area contributed by atoms with Crippen molar-refractivity contribution in [2.75, 3.05) is 19.7 Å². The molecule has 0 saturated carbocycles. The summed E-state index contributed by atoms with van der Waals surface area (Å²) in [6.07, 6.45) is 0.997. The number of esters is 1. The van der Waals surface area contributed by atoms with Crippen LogP contribution in [0.2, 0.25) is 0 Å². The van der Waals surface area contributed by atoms with Crippen LogP contribution in [-0.4, -0.2) is 39.8 Å². The molecule has 1 heterocycles. The molecule has 2 aromatic rings. The standard InChI is InChI=1S/C17H14O7S/c1-25(20,21)16-5-3-2-4-12(16)17(19)22-9-13(18)11-6-7-14-15(8-11)24-10-23-14/h2-8H,9-10H2,1H3. The first-order valence-electron chi connectivity index (χ1n) is 7.25. The summed E-state index contributed by atoms with van der Waals surface area (Å²) < 4.78 is 38.8. The van der Waals surface area contributed by atoms with Crippen molar-refractivity contribution in [2.24, 2.45) is 0 Å². The molecule has 8 heteroatoms. The van der Waals surface area contributed by atoms with Crippen LogP contribution in [0.25, 0.3) is 0 Å². The van der Waals surface area contributed by atoms with Gasteiger partial charge in [-0.3, -0.25) is 4.79 Å². The number of benzene rings is 2. The fourth-order valence-electron chi connectivity index (χ4n) is 2.32. The number of carbonyl (C=O) groups excluding carboxylic acids is 2. The van der Waals surface area contributed by atoms with Crippen molar-refractivity contribution in [3.8, 4) is 11.5 Å². The molecule has 0 saturated heterocycles. The number of carbonyl (C=O) groups is 2. The lowest BCUT2D eigenvalue weighted by molar-refractivity contribution is 0.0471. The van der Waals surface area contributed by atoms with E-state index >= 15 is 0 Å². The topological polar surface area (TPSA) is 96.0 Å². The van der Waals surface area contributed by atoms with Gasteiger partial charge in [-0.05, 0) is 30.3 Å². The summed E-state index contributed by atoms with van der Waals surface area (Å²) in [5.74, 6) is -0.339. The molecule has 0 fully saturated rings. The van der Waals surface area contributed by atoms with Crippen LogP contribution in [0.5, 0.6) is 11.5 Å². The highest BCUT2D eigenvalue weighted by atomic mass is 32.2. The summed E-state index contributed by atoms with van der Waals surface area (Å²) in [7, 11) is -3.59. The van der Waals surface area contributed by atoms with Crippen molar-refractivity contribution >= 4 is 21.6 Å². The van der Waals surface area contributed by atoms with E-state index in [1.54, 1.807) is 6.07 Å². The van der Waals surface area contributed by atoms with Crippen molar-refractivity contribution in [1.82, 2.24) is 0 Å². The van der Waals surface area contributed by atoms with Crippen LogP contribution in [0.15, 0.2) is 47.4 Å². The van der Waals surface area contributed by atoms with Gasteiger partial charge in [-0.15, -0.1) is 0 Å². The second-order valence-corrected chi connectivity index (χ2v) is 7.32. The number of hydrogen-bond donors (Lipinski definition) is 0. The molecule has 0 unspecified atom stereocenters. The predicted octanol–water partition coefficient (Wildman–Crippen LogP) is 1.86. The normalized spacial score (nSPS) is 12.7. The minimum Gasteiger partial charge on any atom is -0.454 e. The van der Waals surface area contributed by atoms with Crippen LogP contribution in [0.3, 0.4) is 0 Å². The average molecular weight is 362 g/mol. The fourth-order valence-corrected chi connectivity index (χ4v) is 3.20. The van der Waals surface area contributed by atoms with Gasteiger partial charge in [0, 0.05) is 11.8 Å². The maximum atomic E-state index is 12.2. The second-order valence-electron chi connectivity index (χ2n) is 5.34. The Balaban J connectivity index is 1.72. The predicted molar refractivity (Wildman–Crippen MR) is 86.7 cm³/mol. The summed E-state index contributed by atoms with van der Waals surface area (Å²) in [4.78, 5) is 24.2. The summed E-state index contributed by atoms with van der Waals surface area (Å²) in [6, 6.07) is 10.3. The minimum atomic E-state index is -3.59. The van der Waals surface area contributed by atoms with Crippen LogP contribution in [0, 0.1) is 0 Å². The lowest BCUT2D eigenvalue weighted by Gasteiger charge is -2.08. The molecule has 0 radical (unpaired) electrons. The van der Waals surface area contributed by atoms with E-state index in [-0.39, 0.29) is 17.3 Å². The molecule has 0 spiro atoms. The van der Waals surface area contributed by atoms with Gasteiger partial charge < -0.3 is 14.2 Å². The summed E-state index contributed by atoms with van der Waals surface area (Å²) in [6.45, 7) is -0.430. The third-order valence-corrected chi connectivity index (χ3v) is 4.69. The van der Waals surface area contributed by atoms with Crippen LogP contribution in [-0.2, 0) is 14.6 Å². The summed E-state index contributed by atoms with van der Waals surface area (Å²) >= 11 is 0. The Bertz CT molecular complexity index is 947. The van der Waals surface area contributed by atoms with E-state index in [2.05, 4.69) is 0 Å². The Hall–Kier alpha value is -2.87. The molecule has 0 aromatic heterocycles. The van der Waals surface area contributed by atoms with Gasteiger partial charge in [-0.25, -0.2) is 13.2 Å². The zero-order valence-electron chi connectivity index (χ0n) is 13.2. The monoisotopic (exact) mass is 362 g/mol. The molecule has 1 aliphatic rings. The molecule has 7 nitrogen and oxygen atoms in total. The number of sulfone groups is 1. The van der Waals surface area contributed by atoms with E-state index in [9.17, 15) is 18.0 Å². The molecule has 0 bridgehead atoms. The Morgan fingerprint density at radius 3 is 2.56 bits per heavy atom. The molecule has 1 aliphatic heterocycles. The first-order chi connectivity index (χ1) is 11.9. The quantitative estimate of drug-likeness (QED) is 0.592. The molecule has 3 rings (SSSR count). The largest absolute Gasteiger partial charge is 0.454 e. The molecule has 0 aliphatic carbocycles. The maximum absolute atomic E-state index is 12.2. The Morgan fingerprint density at radius 1 is 1.08 bits per heavy atom. The van der Waals surface area contributed by atoms with Gasteiger partial charge in [0.05, 0.1) is 10.5 Å². The Morgan fingerprint density at radius 2 is 1.80 bits per heavy atom. The van der Waals surface area contributed by atoms with Crippen LogP contribution < -0.4 is 9.47 Å². The number of ketones is 1. The van der Waals surface area contributed by atoms with Crippen molar-refractivity contribution in [1.29, 1.82) is 0 Å². The lowest BCUT2D eigenvalue weighted by Crippen LogP contribution is -2.16. The fraction of sp³-hybridized carbons (Fsp3) is 0.176. The number of rotatable bonds is 5. The first kappa shape index (κ1) is 17.0. The van der Waals surface area contributed by atoms with Gasteiger partial charge in [-0.1, -0.05) is 12.1 Å². The van der Waals surface area contributed by atoms with Gasteiger partial charge in [0.2, 0.25) is 6.79 Å². The Kier molecular flexibility index (Phi) is 4.45. The Labute approximate surface area is 144 Å². The first-order valence-corrected chi connectivity index (χ1v) is 9.14. The molecular formula is C17H14O7S. The molecule has 0 N–H and O–H groups in total. The molecular weight excluding hydrogens is 348 g/mol. The maximum Gasteiger partial charge on any atom is 0.339 e. The zero-order chi connectivity index (χ0) is 18.0. The second kappa shape index (κ2) is 6.56. The van der Waals surface area contributed by atoms with E-state index < -0.39 is 28.2 Å². The zero-order valence-corrected chi connectivity index (χ0v) is 14.0. The van der Waals surface area contributed by atoms with E-state index in [4.69, 9.17) is 14.2 Å². The van der Waals surface area contributed by atoms with Gasteiger partial charge >= 0.3 is 5.97 Å². The van der Waals surface area contributed by atoms with E-state index in [1.165, 1.54) is 36.4 Å². The highest BCUT2D eigenvalue weighted by molar-refractivity contribution is 7.90. The summed E-state index contributed by atoms with van der Waals surface area (Å²) in [5, 5.41) is 0. The number of ether oxygens (including phenoxy) is 3.